The average molecular weight is 430 g/mol. The smallest absolute Gasteiger partial charge is 0.136 e. The molecule has 1 aromatic heterocycles. The lowest BCUT2D eigenvalue weighted by molar-refractivity contribution is 0.566. The topological polar surface area (TPSA) is 52.6 Å². The van der Waals surface area contributed by atoms with Crippen molar-refractivity contribution < 1.29 is 0 Å². The number of anilines is 1. The number of pyridine rings is 1. The van der Waals surface area contributed by atoms with Crippen LogP contribution in [0.2, 0.25) is 0 Å². The second-order valence-electron chi connectivity index (χ2n) is 8.33. The molecule has 5 nitrogen and oxygen atoms in total. The van der Waals surface area contributed by atoms with Crippen LogP contribution in [0.25, 0.3) is 16.8 Å². The summed E-state index contributed by atoms with van der Waals surface area (Å²) in [6.07, 6.45) is 9.11. The Morgan fingerprint density at radius 2 is 2.12 bits per heavy atom. The lowest BCUT2D eigenvalue weighted by atomic mass is 9.98. The maximum atomic E-state index is 5.13. The molecule has 168 valence electrons. The molecule has 0 amide bonds. The highest BCUT2D eigenvalue weighted by molar-refractivity contribution is 6.12. The van der Waals surface area contributed by atoms with E-state index >= 15 is 0 Å². The fourth-order valence-electron chi connectivity index (χ4n) is 3.99. The van der Waals surface area contributed by atoms with Gasteiger partial charge in [-0.3, -0.25) is 4.99 Å². The fraction of sp³-hybridized carbons (Fsp3) is 0.333. The zero-order valence-electron chi connectivity index (χ0n) is 19.9. The Morgan fingerprint density at radius 1 is 1.31 bits per heavy atom. The van der Waals surface area contributed by atoms with Crippen LogP contribution in [0, 0.1) is 6.92 Å². The Labute approximate surface area is 192 Å². The first kappa shape index (κ1) is 23.5. The molecular formula is C27H35N5. The third kappa shape index (κ3) is 5.54. The molecular weight excluding hydrogens is 394 g/mol. The summed E-state index contributed by atoms with van der Waals surface area (Å²) in [5.41, 5.74) is 7.36. The van der Waals surface area contributed by atoms with E-state index in [0.29, 0.717) is 6.04 Å². The summed E-state index contributed by atoms with van der Waals surface area (Å²) in [5.74, 6) is 0.885. The van der Waals surface area contributed by atoms with Gasteiger partial charge >= 0.3 is 0 Å². The third-order valence-corrected chi connectivity index (χ3v) is 5.54. The van der Waals surface area contributed by atoms with E-state index in [0.717, 1.165) is 64.6 Å². The molecule has 32 heavy (non-hydrogen) atoms. The van der Waals surface area contributed by atoms with Gasteiger partial charge in [-0.05, 0) is 61.7 Å². The molecule has 0 saturated carbocycles. The van der Waals surface area contributed by atoms with Crippen molar-refractivity contribution in [2.75, 3.05) is 39.5 Å². The van der Waals surface area contributed by atoms with Crippen LogP contribution in [0.5, 0.6) is 0 Å². The number of aryl methyl sites for hydroxylation is 1. The van der Waals surface area contributed by atoms with Crippen LogP contribution >= 0.6 is 0 Å². The van der Waals surface area contributed by atoms with Gasteiger partial charge in [0.05, 0.1) is 11.4 Å². The molecule has 0 spiro atoms. The van der Waals surface area contributed by atoms with Crippen molar-refractivity contribution in [2.45, 2.75) is 26.3 Å². The van der Waals surface area contributed by atoms with E-state index in [1.54, 1.807) is 0 Å². The van der Waals surface area contributed by atoms with E-state index in [1.807, 2.05) is 51.2 Å². The molecule has 1 fully saturated rings. The zero-order valence-corrected chi connectivity index (χ0v) is 19.9. The van der Waals surface area contributed by atoms with Crippen LogP contribution in [0.1, 0.15) is 30.0 Å². The minimum atomic E-state index is 0.363. The number of aromatic nitrogens is 1. The molecule has 2 heterocycles. The maximum absolute atomic E-state index is 5.13. The number of hydrogen-bond acceptors (Lipinski definition) is 5. The highest BCUT2D eigenvalue weighted by atomic mass is 15.1. The van der Waals surface area contributed by atoms with Gasteiger partial charge < -0.3 is 15.5 Å². The van der Waals surface area contributed by atoms with Crippen LogP contribution < -0.4 is 10.6 Å². The van der Waals surface area contributed by atoms with Crippen molar-refractivity contribution in [3.8, 4) is 11.3 Å². The summed E-state index contributed by atoms with van der Waals surface area (Å²) in [7, 11) is 5.87. The second kappa shape index (κ2) is 10.9. The molecule has 1 aliphatic rings. The van der Waals surface area contributed by atoms with Gasteiger partial charge in [0.25, 0.3) is 0 Å². The van der Waals surface area contributed by atoms with E-state index in [9.17, 15) is 0 Å². The number of aliphatic imine (C=N–C) groups is 1. The minimum Gasteiger partial charge on any atom is -0.383 e. The molecule has 5 heteroatoms. The van der Waals surface area contributed by atoms with Gasteiger partial charge in [0.2, 0.25) is 0 Å². The van der Waals surface area contributed by atoms with E-state index in [-0.39, 0.29) is 0 Å². The molecule has 1 unspecified atom stereocenters. The predicted octanol–water partition coefficient (Wildman–Crippen LogP) is 4.91. The number of hydrogen-bond donors (Lipinski definition) is 2. The SMILES string of the molecule is C=C/C(=C\N(C)C)c1cccc(-c2nc(NC3CCNC3)c(C(/C=C\C)=NC)cc2C)c1. The van der Waals surface area contributed by atoms with Crippen LogP contribution in [-0.2, 0) is 0 Å². The van der Waals surface area contributed by atoms with E-state index in [4.69, 9.17) is 4.98 Å². The van der Waals surface area contributed by atoms with Gasteiger partial charge in [-0.25, -0.2) is 4.98 Å². The van der Waals surface area contributed by atoms with E-state index in [1.165, 1.54) is 0 Å². The fourth-order valence-corrected chi connectivity index (χ4v) is 3.99. The molecule has 1 saturated heterocycles. The van der Waals surface area contributed by atoms with Crippen molar-refractivity contribution in [3.05, 3.63) is 78.0 Å². The molecule has 3 rings (SSSR count). The Hall–Kier alpha value is -3.18. The lowest BCUT2D eigenvalue weighted by Crippen LogP contribution is -2.24. The summed E-state index contributed by atoms with van der Waals surface area (Å²) in [4.78, 5) is 11.7. The van der Waals surface area contributed by atoms with Crippen molar-refractivity contribution in [1.82, 2.24) is 15.2 Å². The van der Waals surface area contributed by atoms with Gasteiger partial charge in [0.15, 0.2) is 0 Å². The first-order chi connectivity index (χ1) is 15.5. The van der Waals surface area contributed by atoms with Gasteiger partial charge in [0, 0.05) is 51.1 Å². The monoisotopic (exact) mass is 429 g/mol. The summed E-state index contributed by atoms with van der Waals surface area (Å²) >= 11 is 0. The Kier molecular flexibility index (Phi) is 8.01. The van der Waals surface area contributed by atoms with Gasteiger partial charge in [-0.2, -0.15) is 0 Å². The van der Waals surface area contributed by atoms with Crippen molar-refractivity contribution >= 4 is 17.1 Å². The molecule has 1 aliphatic heterocycles. The second-order valence-corrected chi connectivity index (χ2v) is 8.33. The number of allylic oxidation sites excluding steroid dienone is 4. The van der Waals surface area contributed by atoms with E-state index in [2.05, 4.69) is 65.7 Å². The van der Waals surface area contributed by atoms with Gasteiger partial charge in [0.1, 0.15) is 5.82 Å². The third-order valence-electron chi connectivity index (χ3n) is 5.54. The van der Waals surface area contributed by atoms with Crippen LogP contribution in [0.15, 0.2) is 66.3 Å². The Bertz CT molecular complexity index is 1040. The van der Waals surface area contributed by atoms with Crippen molar-refractivity contribution in [1.29, 1.82) is 0 Å². The quantitative estimate of drug-likeness (QED) is 0.462. The molecule has 1 atom stereocenters. The number of rotatable bonds is 8. The Balaban J connectivity index is 2.11. The predicted molar refractivity (Wildman–Crippen MR) is 138 cm³/mol. The number of nitrogens with zero attached hydrogens (tertiary/aromatic N) is 3. The first-order valence-corrected chi connectivity index (χ1v) is 11.2. The standard InChI is InChI=1S/C27H35N5/c1-7-10-25(28-4)24-15-19(3)26(31-27(24)30-23-13-14-29-17-23)22-12-9-11-21(16-22)20(8-2)18-32(5)6/h7-12,15-16,18,23,29H,2,13-14,17H2,1,3-6H3,(H,30,31)/b10-7-,20-18+,28-25?. The molecule has 2 aromatic rings. The normalized spacial score (nSPS) is 17.1. The zero-order chi connectivity index (χ0) is 23.1. The summed E-state index contributed by atoms with van der Waals surface area (Å²) in [5, 5.41) is 7.10. The molecule has 0 aliphatic carbocycles. The summed E-state index contributed by atoms with van der Waals surface area (Å²) in [6.45, 7) is 10.1. The minimum absolute atomic E-state index is 0.363. The maximum Gasteiger partial charge on any atom is 0.136 e. The largest absolute Gasteiger partial charge is 0.383 e. The van der Waals surface area contributed by atoms with Crippen molar-refractivity contribution in [2.24, 2.45) is 4.99 Å². The summed E-state index contributed by atoms with van der Waals surface area (Å²) < 4.78 is 0. The van der Waals surface area contributed by atoms with Crippen LogP contribution in [0.3, 0.4) is 0 Å². The van der Waals surface area contributed by atoms with Gasteiger partial charge in [-0.1, -0.05) is 36.9 Å². The first-order valence-electron chi connectivity index (χ1n) is 11.2. The molecule has 2 N–H and O–H groups in total. The van der Waals surface area contributed by atoms with Gasteiger partial charge in [-0.15, -0.1) is 0 Å². The highest BCUT2D eigenvalue weighted by Crippen LogP contribution is 2.30. The number of benzene rings is 1. The highest BCUT2D eigenvalue weighted by Gasteiger charge is 2.20. The molecule has 0 bridgehead atoms. The van der Waals surface area contributed by atoms with Crippen molar-refractivity contribution in [3.63, 3.8) is 0 Å². The molecule has 0 radical (unpaired) electrons. The molecule has 1 aromatic carbocycles. The lowest BCUT2D eigenvalue weighted by Gasteiger charge is -2.19. The average Bonchev–Trinajstić information content (AvgIpc) is 3.30. The summed E-state index contributed by atoms with van der Waals surface area (Å²) in [6, 6.07) is 11.1. The van der Waals surface area contributed by atoms with E-state index < -0.39 is 0 Å². The van der Waals surface area contributed by atoms with Crippen LogP contribution in [-0.4, -0.2) is 55.9 Å². The number of nitrogens with one attached hydrogen (secondary N) is 2. The Morgan fingerprint density at radius 3 is 2.75 bits per heavy atom. The van der Waals surface area contributed by atoms with Crippen LogP contribution in [0.4, 0.5) is 5.82 Å².